The van der Waals surface area contributed by atoms with Crippen LogP contribution in [0.4, 0.5) is 16.2 Å². The molecule has 0 saturated heterocycles. The van der Waals surface area contributed by atoms with Gasteiger partial charge in [0.05, 0.1) is 0 Å². The Hall–Kier alpha value is -2.24. The van der Waals surface area contributed by atoms with Crippen molar-refractivity contribution in [3.8, 4) is 0 Å². The number of nitrogen functional groups attached to an aromatic ring is 1. The Kier molecular flexibility index (Phi) is 5.66. The summed E-state index contributed by atoms with van der Waals surface area (Å²) in [6, 6.07) is 6.51. The molecule has 0 heterocycles. The van der Waals surface area contributed by atoms with Gasteiger partial charge in [0.1, 0.15) is 6.54 Å². The van der Waals surface area contributed by atoms with E-state index in [0.29, 0.717) is 17.9 Å². The number of amides is 3. The average molecular weight is 264 g/mol. The van der Waals surface area contributed by atoms with Crippen LogP contribution in [0, 0.1) is 0 Å². The lowest BCUT2D eigenvalue weighted by Crippen LogP contribution is -2.41. The molecule has 0 aliphatic carbocycles. The number of hydrogen-bond donors (Lipinski definition) is 3. The molecule has 0 spiro atoms. The van der Waals surface area contributed by atoms with Crippen LogP contribution in [0.25, 0.3) is 0 Å². The average Bonchev–Trinajstić information content (AvgIpc) is 2.34. The van der Waals surface area contributed by atoms with Crippen molar-refractivity contribution < 1.29 is 9.59 Å². The van der Waals surface area contributed by atoms with Gasteiger partial charge in [0.15, 0.2) is 0 Å². The van der Waals surface area contributed by atoms with E-state index in [1.54, 1.807) is 24.3 Å². The minimum atomic E-state index is -0.529. The lowest BCUT2D eigenvalue weighted by atomic mass is 10.3. The molecule has 6 nitrogen and oxygen atoms in total. The Bertz CT molecular complexity index is 448. The van der Waals surface area contributed by atoms with E-state index in [1.165, 1.54) is 4.90 Å². The van der Waals surface area contributed by atoms with E-state index in [-0.39, 0.29) is 12.6 Å². The van der Waals surface area contributed by atoms with Gasteiger partial charge in [0.25, 0.3) is 0 Å². The molecule has 0 radical (unpaired) electrons. The Morgan fingerprint density at radius 3 is 2.68 bits per heavy atom. The van der Waals surface area contributed by atoms with Gasteiger partial charge in [-0.15, -0.1) is 0 Å². The van der Waals surface area contributed by atoms with Crippen LogP contribution >= 0.6 is 0 Å². The van der Waals surface area contributed by atoms with Gasteiger partial charge < -0.3 is 21.7 Å². The van der Waals surface area contributed by atoms with Crippen LogP contribution in [0.1, 0.15) is 19.8 Å². The number of carbonyl (C=O) groups excluding carboxylic acids is 2. The number of nitrogens with zero attached hydrogens (tertiary/aromatic N) is 1. The summed E-state index contributed by atoms with van der Waals surface area (Å²) in [5.74, 6) is -0.529. The molecule has 0 aromatic heterocycles. The maximum Gasteiger partial charge on any atom is 0.322 e. The number of primary amides is 1. The molecule has 104 valence electrons. The van der Waals surface area contributed by atoms with Gasteiger partial charge in [0, 0.05) is 17.9 Å². The summed E-state index contributed by atoms with van der Waals surface area (Å²) in [7, 11) is 0. The normalized spacial score (nSPS) is 9.95. The summed E-state index contributed by atoms with van der Waals surface area (Å²) in [4.78, 5) is 24.4. The minimum absolute atomic E-state index is 0.0891. The maximum atomic E-state index is 12.0. The van der Waals surface area contributed by atoms with E-state index < -0.39 is 5.91 Å². The SMILES string of the molecule is CCCCN(CC(N)=O)C(=O)Nc1cccc(N)c1. The number of anilines is 2. The van der Waals surface area contributed by atoms with E-state index in [0.717, 1.165) is 12.8 Å². The highest BCUT2D eigenvalue weighted by Gasteiger charge is 2.15. The molecule has 0 aliphatic heterocycles. The fourth-order valence-electron chi connectivity index (χ4n) is 1.61. The molecule has 3 amide bonds. The summed E-state index contributed by atoms with van der Waals surface area (Å²) in [6.45, 7) is 2.42. The largest absolute Gasteiger partial charge is 0.399 e. The van der Waals surface area contributed by atoms with Crippen molar-refractivity contribution in [1.82, 2.24) is 4.90 Å². The fourth-order valence-corrected chi connectivity index (χ4v) is 1.61. The highest BCUT2D eigenvalue weighted by molar-refractivity contribution is 5.92. The molecule has 19 heavy (non-hydrogen) atoms. The van der Waals surface area contributed by atoms with Crippen molar-refractivity contribution in [1.29, 1.82) is 0 Å². The molecule has 0 bridgehead atoms. The molecule has 1 aromatic rings. The zero-order valence-corrected chi connectivity index (χ0v) is 11.1. The van der Waals surface area contributed by atoms with E-state index in [1.807, 2.05) is 6.92 Å². The molecule has 5 N–H and O–H groups in total. The van der Waals surface area contributed by atoms with Crippen molar-refractivity contribution in [2.24, 2.45) is 5.73 Å². The predicted octanol–water partition coefficient (Wildman–Crippen LogP) is 1.39. The highest BCUT2D eigenvalue weighted by atomic mass is 16.2. The van der Waals surface area contributed by atoms with Crippen LogP contribution in [0.3, 0.4) is 0 Å². The number of hydrogen-bond acceptors (Lipinski definition) is 3. The van der Waals surface area contributed by atoms with Gasteiger partial charge in [-0.05, 0) is 24.6 Å². The first kappa shape index (κ1) is 14.8. The number of nitrogens with two attached hydrogens (primary N) is 2. The molecular weight excluding hydrogens is 244 g/mol. The third-order valence-electron chi connectivity index (χ3n) is 2.55. The second-order valence-electron chi connectivity index (χ2n) is 4.30. The van der Waals surface area contributed by atoms with E-state index in [2.05, 4.69) is 5.32 Å². The molecule has 0 unspecified atom stereocenters. The van der Waals surface area contributed by atoms with Crippen LogP contribution < -0.4 is 16.8 Å². The van der Waals surface area contributed by atoms with E-state index in [4.69, 9.17) is 11.5 Å². The van der Waals surface area contributed by atoms with Crippen molar-refractivity contribution in [2.75, 3.05) is 24.1 Å². The minimum Gasteiger partial charge on any atom is -0.399 e. The third kappa shape index (κ3) is 5.29. The molecule has 1 rings (SSSR count). The molecule has 0 fully saturated rings. The fraction of sp³-hybridized carbons (Fsp3) is 0.385. The van der Waals surface area contributed by atoms with Crippen LogP contribution in [0.15, 0.2) is 24.3 Å². The highest BCUT2D eigenvalue weighted by Crippen LogP contribution is 2.12. The standard InChI is InChI=1S/C13H20N4O2/c1-2-3-7-17(9-12(15)18)13(19)16-11-6-4-5-10(14)8-11/h4-6,8H,2-3,7,9,14H2,1H3,(H2,15,18)(H,16,19). The Morgan fingerprint density at radius 1 is 1.37 bits per heavy atom. The Balaban J connectivity index is 2.67. The second kappa shape index (κ2) is 7.25. The molecule has 6 heteroatoms. The smallest absolute Gasteiger partial charge is 0.322 e. The van der Waals surface area contributed by atoms with Gasteiger partial charge in [-0.1, -0.05) is 19.4 Å². The van der Waals surface area contributed by atoms with Crippen LogP contribution in [-0.4, -0.2) is 29.9 Å². The number of unbranched alkanes of at least 4 members (excludes halogenated alkanes) is 1. The summed E-state index contributed by atoms with van der Waals surface area (Å²) in [5, 5.41) is 2.70. The first-order valence-corrected chi connectivity index (χ1v) is 6.22. The molecular formula is C13H20N4O2. The monoisotopic (exact) mass is 264 g/mol. The van der Waals surface area contributed by atoms with Crippen LogP contribution in [-0.2, 0) is 4.79 Å². The topological polar surface area (TPSA) is 101 Å². The predicted molar refractivity (Wildman–Crippen MR) is 75.5 cm³/mol. The molecule has 0 saturated carbocycles. The van der Waals surface area contributed by atoms with Crippen molar-refractivity contribution in [3.63, 3.8) is 0 Å². The quantitative estimate of drug-likeness (QED) is 0.676. The van der Waals surface area contributed by atoms with Crippen molar-refractivity contribution in [3.05, 3.63) is 24.3 Å². The Morgan fingerprint density at radius 2 is 2.11 bits per heavy atom. The second-order valence-corrected chi connectivity index (χ2v) is 4.30. The summed E-state index contributed by atoms with van der Waals surface area (Å²) < 4.78 is 0. The summed E-state index contributed by atoms with van der Waals surface area (Å²) in [5.41, 5.74) is 11.9. The van der Waals surface area contributed by atoms with Crippen molar-refractivity contribution in [2.45, 2.75) is 19.8 Å². The molecule has 1 aromatic carbocycles. The van der Waals surface area contributed by atoms with Crippen molar-refractivity contribution >= 4 is 23.3 Å². The number of rotatable bonds is 6. The number of nitrogens with one attached hydrogen (secondary N) is 1. The zero-order chi connectivity index (χ0) is 14.3. The third-order valence-corrected chi connectivity index (χ3v) is 2.55. The van der Waals surface area contributed by atoms with Gasteiger partial charge >= 0.3 is 6.03 Å². The van der Waals surface area contributed by atoms with E-state index >= 15 is 0 Å². The van der Waals surface area contributed by atoms with Crippen LogP contribution in [0.5, 0.6) is 0 Å². The lowest BCUT2D eigenvalue weighted by Gasteiger charge is -2.21. The Labute approximate surface area is 112 Å². The zero-order valence-electron chi connectivity index (χ0n) is 11.1. The maximum absolute atomic E-state index is 12.0. The van der Waals surface area contributed by atoms with Crippen LogP contribution in [0.2, 0.25) is 0 Å². The number of urea groups is 1. The van der Waals surface area contributed by atoms with Gasteiger partial charge in [0.2, 0.25) is 5.91 Å². The molecule has 0 aliphatic rings. The number of carbonyl (C=O) groups is 2. The van der Waals surface area contributed by atoms with Gasteiger partial charge in [-0.25, -0.2) is 4.79 Å². The first-order valence-electron chi connectivity index (χ1n) is 6.22. The van der Waals surface area contributed by atoms with E-state index in [9.17, 15) is 9.59 Å². The summed E-state index contributed by atoms with van der Waals surface area (Å²) in [6.07, 6.45) is 1.75. The first-order chi connectivity index (χ1) is 9.02. The number of benzene rings is 1. The lowest BCUT2D eigenvalue weighted by molar-refractivity contribution is -0.118. The van der Waals surface area contributed by atoms with Gasteiger partial charge in [-0.2, -0.15) is 0 Å². The summed E-state index contributed by atoms with van der Waals surface area (Å²) >= 11 is 0. The molecule has 0 atom stereocenters. The van der Waals surface area contributed by atoms with Gasteiger partial charge in [-0.3, -0.25) is 4.79 Å².